The van der Waals surface area contributed by atoms with Crippen molar-refractivity contribution in [1.29, 1.82) is 0 Å². The van der Waals surface area contributed by atoms with E-state index < -0.39 is 0 Å². The molecule has 2 saturated heterocycles. The predicted octanol–water partition coefficient (Wildman–Crippen LogP) is 0.753. The van der Waals surface area contributed by atoms with Gasteiger partial charge in [0.05, 0.1) is 0 Å². The molecular weight excluding hydrogens is 204 g/mol. The summed E-state index contributed by atoms with van der Waals surface area (Å²) in [6, 6.07) is 0. The fraction of sp³-hybridized carbons (Fsp3) is 0.917. The Bertz CT molecular complexity index is 237. The zero-order chi connectivity index (χ0) is 11.4. The second kappa shape index (κ2) is 5.64. The number of rotatable bonds is 3. The monoisotopic (exact) mass is 226 g/mol. The molecule has 2 aliphatic heterocycles. The minimum absolute atomic E-state index is 0.156. The van der Waals surface area contributed by atoms with E-state index in [0.717, 1.165) is 51.9 Å². The van der Waals surface area contributed by atoms with Gasteiger partial charge in [-0.15, -0.1) is 0 Å². The van der Waals surface area contributed by atoms with Gasteiger partial charge in [-0.1, -0.05) is 0 Å². The number of ether oxygens (including phenoxy) is 1. The van der Waals surface area contributed by atoms with Crippen molar-refractivity contribution in [2.45, 2.75) is 38.2 Å². The highest BCUT2D eigenvalue weighted by Gasteiger charge is 2.31. The number of hydrogen-bond donors (Lipinski definition) is 1. The summed E-state index contributed by atoms with van der Waals surface area (Å²) in [4.78, 5) is 14.1. The molecule has 2 N–H and O–H groups in total. The van der Waals surface area contributed by atoms with Crippen molar-refractivity contribution in [2.24, 2.45) is 11.7 Å². The van der Waals surface area contributed by atoms with E-state index >= 15 is 0 Å². The maximum Gasteiger partial charge on any atom is 0.251 e. The van der Waals surface area contributed by atoms with Gasteiger partial charge in [-0.3, -0.25) is 4.79 Å². The Labute approximate surface area is 97.1 Å². The third-order valence-electron chi connectivity index (χ3n) is 3.61. The van der Waals surface area contributed by atoms with E-state index in [-0.39, 0.29) is 12.0 Å². The molecule has 4 heteroatoms. The van der Waals surface area contributed by atoms with Crippen LogP contribution in [0.5, 0.6) is 0 Å². The Kier molecular flexibility index (Phi) is 4.18. The average molecular weight is 226 g/mol. The van der Waals surface area contributed by atoms with E-state index in [1.54, 1.807) is 0 Å². The van der Waals surface area contributed by atoms with Crippen molar-refractivity contribution < 1.29 is 9.53 Å². The van der Waals surface area contributed by atoms with Crippen LogP contribution in [-0.2, 0) is 9.53 Å². The zero-order valence-corrected chi connectivity index (χ0v) is 9.86. The highest BCUT2D eigenvalue weighted by molar-refractivity contribution is 5.81. The molecule has 2 aliphatic rings. The molecule has 0 bridgehead atoms. The number of carbonyl (C=O) groups is 1. The van der Waals surface area contributed by atoms with E-state index in [2.05, 4.69) is 0 Å². The van der Waals surface area contributed by atoms with E-state index in [0.29, 0.717) is 5.92 Å². The molecule has 0 saturated carbocycles. The molecule has 1 amide bonds. The van der Waals surface area contributed by atoms with Crippen LogP contribution in [0, 0.1) is 5.92 Å². The molecule has 0 radical (unpaired) electrons. The van der Waals surface area contributed by atoms with Crippen molar-refractivity contribution in [3.63, 3.8) is 0 Å². The number of likely N-dealkylation sites (tertiary alicyclic amines) is 1. The molecule has 92 valence electrons. The summed E-state index contributed by atoms with van der Waals surface area (Å²) < 4.78 is 5.45. The van der Waals surface area contributed by atoms with Crippen LogP contribution in [0.3, 0.4) is 0 Å². The van der Waals surface area contributed by atoms with Gasteiger partial charge in [0.15, 0.2) is 0 Å². The lowest BCUT2D eigenvalue weighted by Gasteiger charge is -2.34. The van der Waals surface area contributed by atoms with Crippen molar-refractivity contribution in [3.8, 4) is 0 Å². The van der Waals surface area contributed by atoms with Crippen LogP contribution in [0.2, 0.25) is 0 Å². The van der Waals surface area contributed by atoms with Crippen molar-refractivity contribution >= 4 is 5.91 Å². The van der Waals surface area contributed by atoms with E-state index in [9.17, 15) is 4.79 Å². The van der Waals surface area contributed by atoms with Gasteiger partial charge >= 0.3 is 0 Å². The first kappa shape index (κ1) is 11.9. The number of hydrogen-bond acceptors (Lipinski definition) is 3. The summed E-state index contributed by atoms with van der Waals surface area (Å²) in [6.07, 6.45) is 5.13. The number of piperidine rings is 1. The Hall–Kier alpha value is -0.610. The van der Waals surface area contributed by atoms with E-state index in [1.807, 2.05) is 4.90 Å². The van der Waals surface area contributed by atoms with Gasteiger partial charge in [0.1, 0.15) is 6.10 Å². The van der Waals surface area contributed by atoms with Gasteiger partial charge in [0, 0.05) is 19.7 Å². The molecule has 0 aliphatic carbocycles. The molecule has 0 aromatic rings. The topological polar surface area (TPSA) is 55.6 Å². The first-order valence-corrected chi connectivity index (χ1v) is 6.41. The summed E-state index contributed by atoms with van der Waals surface area (Å²) in [5.74, 6) is 0.809. The Morgan fingerprint density at radius 1 is 1.38 bits per heavy atom. The first-order chi connectivity index (χ1) is 7.81. The minimum atomic E-state index is -0.156. The lowest BCUT2D eigenvalue weighted by atomic mass is 9.94. The third-order valence-corrected chi connectivity index (χ3v) is 3.61. The lowest BCUT2D eigenvalue weighted by Crippen LogP contribution is -2.45. The number of nitrogens with zero attached hydrogens (tertiary/aromatic N) is 1. The molecule has 16 heavy (non-hydrogen) atoms. The molecule has 2 fully saturated rings. The van der Waals surface area contributed by atoms with Gasteiger partial charge < -0.3 is 15.4 Å². The average Bonchev–Trinajstić information content (AvgIpc) is 2.82. The molecular formula is C12H22N2O2. The summed E-state index contributed by atoms with van der Waals surface area (Å²) in [5.41, 5.74) is 5.57. The van der Waals surface area contributed by atoms with Gasteiger partial charge in [-0.2, -0.15) is 0 Å². The van der Waals surface area contributed by atoms with E-state index in [1.165, 1.54) is 6.42 Å². The molecule has 2 heterocycles. The second-order valence-corrected chi connectivity index (χ2v) is 4.87. The van der Waals surface area contributed by atoms with Gasteiger partial charge in [-0.25, -0.2) is 0 Å². The summed E-state index contributed by atoms with van der Waals surface area (Å²) in [6.45, 7) is 3.26. The molecule has 0 aromatic carbocycles. The highest BCUT2D eigenvalue weighted by atomic mass is 16.5. The van der Waals surface area contributed by atoms with Crippen LogP contribution in [0.15, 0.2) is 0 Å². The van der Waals surface area contributed by atoms with Crippen LogP contribution in [0.1, 0.15) is 32.1 Å². The summed E-state index contributed by atoms with van der Waals surface area (Å²) in [7, 11) is 0. The van der Waals surface area contributed by atoms with Crippen LogP contribution >= 0.6 is 0 Å². The van der Waals surface area contributed by atoms with Crippen LogP contribution < -0.4 is 5.73 Å². The van der Waals surface area contributed by atoms with Crippen LogP contribution in [0.25, 0.3) is 0 Å². The number of amides is 1. The molecule has 2 rings (SSSR count). The van der Waals surface area contributed by atoms with Crippen LogP contribution in [0.4, 0.5) is 0 Å². The first-order valence-electron chi connectivity index (χ1n) is 6.41. The molecule has 2 atom stereocenters. The maximum atomic E-state index is 12.1. The number of nitrogens with two attached hydrogens (primary N) is 1. The van der Waals surface area contributed by atoms with Crippen molar-refractivity contribution in [2.75, 3.05) is 26.2 Å². The van der Waals surface area contributed by atoms with Crippen molar-refractivity contribution in [1.82, 2.24) is 4.90 Å². The summed E-state index contributed by atoms with van der Waals surface area (Å²) >= 11 is 0. The van der Waals surface area contributed by atoms with Crippen LogP contribution in [-0.4, -0.2) is 43.2 Å². The fourth-order valence-electron chi connectivity index (χ4n) is 2.71. The highest BCUT2D eigenvalue weighted by Crippen LogP contribution is 2.22. The van der Waals surface area contributed by atoms with Gasteiger partial charge in [0.25, 0.3) is 5.91 Å². The third kappa shape index (κ3) is 2.74. The SMILES string of the molecule is NCCC1CCCN(C(=O)C2CCCO2)C1. The molecule has 0 aromatic heterocycles. The summed E-state index contributed by atoms with van der Waals surface area (Å²) in [5, 5.41) is 0. The van der Waals surface area contributed by atoms with Gasteiger partial charge in [-0.05, 0) is 44.6 Å². The molecule has 4 nitrogen and oxygen atoms in total. The standard InChI is InChI=1S/C12H22N2O2/c13-6-5-10-3-1-7-14(9-10)12(15)11-4-2-8-16-11/h10-11H,1-9,13H2. The van der Waals surface area contributed by atoms with E-state index in [4.69, 9.17) is 10.5 Å². The normalized spacial score (nSPS) is 30.7. The smallest absolute Gasteiger partial charge is 0.251 e. The minimum Gasteiger partial charge on any atom is -0.368 e. The van der Waals surface area contributed by atoms with Gasteiger partial charge in [0.2, 0.25) is 0 Å². The molecule has 0 spiro atoms. The Morgan fingerprint density at radius 2 is 2.25 bits per heavy atom. The lowest BCUT2D eigenvalue weighted by molar-refractivity contribution is -0.142. The largest absolute Gasteiger partial charge is 0.368 e. The Morgan fingerprint density at radius 3 is 2.94 bits per heavy atom. The predicted molar refractivity (Wildman–Crippen MR) is 61.9 cm³/mol. The number of carbonyl (C=O) groups excluding carboxylic acids is 1. The zero-order valence-electron chi connectivity index (χ0n) is 9.86. The second-order valence-electron chi connectivity index (χ2n) is 4.87. The quantitative estimate of drug-likeness (QED) is 0.772. The maximum absolute atomic E-state index is 12.1. The Balaban J connectivity index is 1.85. The fourth-order valence-corrected chi connectivity index (χ4v) is 2.71. The van der Waals surface area contributed by atoms with Crippen molar-refractivity contribution in [3.05, 3.63) is 0 Å². The molecule has 2 unspecified atom stereocenters.